The Bertz CT molecular complexity index is 771. The topological polar surface area (TPSA) is 3.24 Å². The minimum absolute atomic E-state index is 0.132. The molecular weight excluding hydrogens is 326 g/mol. The molecule has 0 aromatic heterocycles. The van der Waals surface area contributed by atoms with Gasteiger partial charge in [0.1, 0.15) is 0 Å². The van der Waals surface area contributed by atoms with E-state index < -0.39 is 0 Å². The van der Waals surface area contributed by atoms with Crippen LogP contribution in [0.25, 0.3) is 0 Å². The van der Waals surface area contributed by atoms with Gasteiger partial charge < -0.3 is 4.90 Å². The second-order valence-corrected chi connectivity index (χ2v) is 10.1. The van der Waals surface area contributed by atoms with E-state index in [1.165, 1.54) is 34.4 Å². The molecular formula is C26H37N. The fraction of sp³-hybridized carbons (Fsp3) is 0.538. The first-order valence-electron chi connectivity index (χ1n) is 10.5. The van der Waals surface area contributed by atoms with Crippen molar-refractivity contribution in [2.75, 3.05) is 11.4 Å². The van der Waals surface area contributed by atoms with E-state index in [2.05, 4.69) is 103 Å². The average Bonchev–Trinajstić information content (AvgIpc) is 2.84. The molecule has 1 heteroatoms. The van der Waals surface area contributed by atoms with Crippen molar-refractivity contribution < 1.29 is 0 Å². The lowest BCUT2D eigenvalue weighted by atomic mass is 9.78. The predicted octanol–water partition coefficient (Wildman–Crippen LogP) is 7.19. The summed E-state index contributed by atoms with van der Waals surface area (Å²) in [6, 6.07) is 15.9. The van der Waals surface area contributed by atoms with Gasteiger partial charge in [0.05, 0.1) is 0 Å². The molecule has 1 aliphatic rings. The van der Waals surface area contributed by atoms with Crippen molar-refractivity contribution in [2.24, 2.45) is 0 Å². The van der Waals surface area contributed by atoms with Gasteiger partial charge in [-0.25, -0.2) is 0 Å². The van der Waals surface area contributed by atoms with Gasteiger partial charge in [0.2, 0.25) is 0 Å². The maximum absolute atomic E-state index is 2.73. The van der Waals surface area contributed by atoms with E-state index in [1.807, 2.05) is 0 Å². The van der Waals surface area contributed by atoms with Crippen molar-refractivity contribution >= 4 is 5.69 Å². The van der Waals surface area contributed by atoms with Crippen LogP contribution in [0.3, 0.4) is 0 Å². The van der Waals surface area contributed by atoms with E-state index in [4.69, 9.17) is 0 Å². The molecule has 0 spiro atoms. The molecule has 1 heterocycles. The second-order valence-electron chi connectivity index (χ2n) is 10.1. The van der Waals surface area contributed by atoms with Crippen LogP contribution >= 0.6 is 0 Å². The zero-order valence-corrected chi connectivity index (χ0v) is 18.6. The highest BCUT2D eigenvalue weighted by atomic mass is 15.2. The van der Waals surface area contributed by atoms with Gasteiger partial charge in [0.25, 0.3) is 0 Å². The Morgan fingerprint density at radius 2 is 1.37 bits per heavy atom. The maximum atomic E-state index is 2.73. The summed E-state index contributed by atoms with van der Waals surface area (Å²) in [4.78, 5) is 2.73. The summed E-state index contributed by atoms with van der Waals surface area (Å²) in [6.45, 7) is 20.0. The smallest absolute Gasteiger partial charge is 0.0441 e. The van der Waals surface area contributed by atoms with Gasteiger partial charge in [-0.2, -0.15) is 0 Å². The van der Waals surface area contributed by atoms with Crippen LogP contribution in [0.15, 0.2) is 42.5 Å². The summed E-state index contributed by atoms with van der Waals surface area (Å²) < 4.78 is 0. The molecule has 1 atom stereocenters. The Labute approximate surface area is 166 Å². The third-order valence-corrected chi connectivity index (χ3v) is 6.36. The number of nitrogens with zero attached hydrogens (tertiary/aromatic N) is 1. The monoisotopic (exact) mass is 363 g/mol. The molecule has 2 aromatic carbocycles. The van der Waals surface area contributed by atoms with Crippen LogP contribution in [0, 0.1) is 6.92 Å². The molecule has 0 aliphatic carbocycles. The summed E-state index contributed by atoms with van der Waals surface area (Å²) in [6.07, 6.45) is 1.17. The average molecular weight is 364 g/mol. The van der Waals surface area contributed by atoms with Crippen LogP contribution in [-0.2, 0) is 5.41 Å². The maximum Gasteiger partial charge on any atom is 0.0441 e. The number of hydrogen-bond acceptors (Lipinski definition) is 1. The molecule has 27 heavy (non-hydrogen) atoms. The molecule has 0 N–H and O–H groups in total. The van der Waals surface area contributed by atoms with Gasteiger partial charge in [-0.05, 0) is 55.7 Å². The zero-order chi connectivity index (χ0) is 20.0. The molecule has 0 radical (unpaired) electrons. The van der Waals surface area contributed by atoms with E-state index >= 15 is 0 Å². The first-order valence-corrected chi connectivity index (χ1v) is 10.5. The Kier molecular flexibility index (Phi) is 5.18. The van der Waals surface area contributed by atoms with E-state index in [1.54, 1.807) is 0 Å². The molecule has 1 nitrogen and oxygen atoms in total. The number of aryl methyl sites for hydroxylation is 1. The van der Waals surface area contributed by atoms with E-state index in [-0.39, 0.29) is 11.0 Å². The summed E-state index contributed by atoms with van der Waals surface area (Å²) in [5.74, 6) is 1.05. The second kappa shape index (κ2) is 7.00. The van der Waals surface area contributed by atoms with Crippen LogP contribution in [-0.4, -0.2) is 12.1 Å². The predicted molar refractivity (Wildman–Crippen MR) is 119 cm³/mol. The van der Waals surface area contributed by atoms with Gasteiger partial charge in [0.15, 0.2) is 0 Å². The summed E-state index contributed by atoms with van der Waals surface area (Å²) in [5, 5.41) is 0. The van der Waals surface area contributed by atoms with Gasteiger partial charge >= 0.3 is 0 Å². The summed E-state index contributed by atoms with van der Waals surface area (Å²) >= 11 is 0. The van der Waals surface area contributed by atoms with E-state index in [0.717, 1.165) is 6.54 Å². The largest absolute Gasteiger partial charge is 0.365 e. The molecule has 1 fully saturated rings. The Balaban J connectivity index is 2.16. The van der Waals surface area contributed by atoms with Crippen LogP contribution in [0.1, 0.15) is 89.0 Å². The van der Waals surface area contributed by atoms with Gasteiger partial charge in [-0.3, -0.25) is 0 Å². The SMILES string of the molecule is Cc1cc(C(C)C)c(N2CC(C)(c3ccccc3)CC2(C)C)c(C(C)C)c1. The fourth-order valence-corrected chi connectivity index (χ4v) is 5.11. The van der Waals surface area contributed by atoms with Crippen LogP contribution in [0.5, 0.6) is 0 Å². The Morgan fingerprint density at radius 1 is 0.852 bits per heavy atom. The van der Waals surface area contributed by atoms with Gasteiger partial charge in [0, 0.05) is 23.2 Å². The highest BCUT2D eigenvalue weighted by Gasteiger charge is 2.47. The molecule has 2 aromatic rings. The lowest BCUT2D eigenvalue weighted by molar-refractivity contribution is 0.444. The third kappa shape index (κ3) is 3.66. The third-order valence-electron chi connectivity index (χ3n) is 6.36. The van der Waals surface area contributed by atoms with Crippen LogP contribution < -0.4 is 4.90 Å². The lowest BCUT2D eigenvalue weighted by Gasteiger charge is -2.38. The van der Waals surface area contributed by atoms with Crippen LogP contribution in [0.2, 0.25) is 0 Å². The molecule has 1 unspecified atom stereocenters. The molecule has 0 bridgehead atoms. The van der Waals surface area contributed by atoms with E-state index in [0.29, 0.717) is 11.8 Å². The Hall–Kier alpha value is -1.76. The minimum atomic E-state index is 0.132. The summed E-state index contributed by atoms with van der Waals surface area (Å²) in [7, 11) is 0. The first kappa shape index (κ1) is 20.0. The molecule has 0 amide bonds. The fourth-order valence-electron chi connectivity index (χ4n) is 5.11. The standard InChI is InChI=1S/C26H37N/c1-18(2)22-14-20(5)15-23(19(3)4)24(22)27-17-26(8,16-25(27,6)7)21-12-10-9-11-13-21/h9-15,18-19H,16-17H2,1-8H3. The highest BCUT2D eigenvalue weighted by molar-refractivity contribution is 5.66. The number of rotatable bonds is 4. The molecule has 3 rings (SSSR count). The Morgan fingerprint density at radius 3 is 1.85 bits per heavy atom. The van der Waals surface area contributed by atoms with Crippen molar-refractivity contribution in [1.29, 1.82) is 0 Å². The number of hydrogen-bond donors (Lipinski definition) is 0. The first-order chi connectivity index (χ1) is 12.5. The van der Waals surface area contributed by atoms with E-state index in [9.17, 15) is 0 Å². The molecule has 146 valence electrons. The van der Waals surface area contributed by atoms with Gasteiger partial charge in [-0.1, -0.05) is 82.6 Å². The normalized spacial score (nSPS) is 22.1. The molecule has 1 aliphatic heterocycles. The van der Waals surface area contributed by atoms with Crippen molar-refractivity contribution in [1.82, 2.24) is 0 Å². The highest BCUT2D eigenvalue weighted by Crippen LogP contribution is 2.49. The van der Waals surface area contributed by atoms with Crippen molar-refractivity contribution in [3.05, 3.63) is 64.7 Å². The van der Waals surface area contributed by atoms with Crippen molar-refractivity contribution in [3.8, 4) is 0 Å². The van der Waals surface area contributed by atoms with Crippen molar-refractivity contribution in [2.45, 2.75) is 84.6 Å². The number of benzene rings is 2. The molecule has 0 saturated carbocycles. The van der Waals surface area contributed by atoms with Gasteiger partial charge in [-0.15, -0.1) is 0 Å². The number of anilines is 1. The quantitative estimate of drug-likeness (QED) is 0.555. The summed E-state index contributed by atoms with van der Waals surface area (Å²) in [5.41, 5.74) is 7.66. The molecule has 1 saturated heterocycles. The minimum Gasteiger partial charge on any atom is -0.365 e. The zero-order valence-electron chi connectivity index (χ0n) is 18.6. The lowest BCUT2D eigenvalue weighted by Crippen LogP contribution is -2.39. The van der Waals surface area contributed by atoms with Crippen molar-refractivity contribution in [3.63, 3.8) is 0 Å². The van der Waals surface area contributed by atoms with Crippen LogP contribution in [0.4, 0.5) is 5.69 Å².